The molecule has 2 heterocycles. The summed E-state index contributed by atoms with van der Waals surface area (Å²) in [5.41, 5.74) is 1.14. The lowest BCUT2D eigenvalue weighted by molar-refractivity contribution is -0.155. The van der Waals surface area contributed by atoms with Crippen LogP contribution >= 0.6 is 23.4 Å². The standard InChI is InChI=1S/C26H25ClN4O8S/c1-15(32)38-13-17-14-40-24-21(23(34)31(24)22(17)25(35)36)29-20(33)11-30(26(37)28-19-8-3-2-4-9-19)39-12-16-6-5-7-18(27)10-16/h2-10,21,24H,11-14H2,1H3,(H,28,37)(H,29,33)(H,35,36)/t21-,24?/m1/s1. The zero-order chi connectivity index (χ0) is 28.8. The van der Waals surface area contributed by atoms with Gasteiger partial charge in [0.25, 0.3) is 5.91 Å². The van der Waals surface area contributed by atoms with Crippen molar-refractivity contribution in [2.45, 2.75) is 24.9 Å². The molecule has 0 aliphatic carbocycles. The van der Waals surface area contributed by atoms with Gasteiger partial charge in [-0.1, -0.05) is 41.9 Å². The molecule has 1 unspecified atom stereocenters. The van der Waals surface area contributed by atoms with Crippen molar-refractivity contribution in [3.8, 4) is 0 Å². The van der Waals surface area contributed by atoms with Crippen LogP contribution in [0.15, 0.2) is 65.9 Å². The largest absolute Gasteiger partial charge is 0.477 e. The number of benzene rings is 2. The SMILES string of the molecule is CC(=O)OCC1=C(C(=O)O)N2C(=O)[C@@H](NC(=O)CN(OCc3cccc(Cl)c3)C(=O)Nc3ccccc3)C2SC1. The number of carboxylic acids is 1. The summed E-state index contributed by atoms with van der Waals surface area (Å²) in [4.78, 5) is 68.6. The maximum absolute atomic E-state index is 13.0. The smallest absolute Gasteiger partial charge is 0.352 e. The first-order chi connectivity index (χ1) is 19.1. The molecular formula is C26H25ClN4O8S. The number of nitrogens with zero attached hydrogens (tertiary/aromatic N) is 2. The van der Waals surface area contributed by atoms with E-state index < -0.39 is 47.7 Å². The Bertz CT molecular complexity index is 1360. The van der Waals surface area contributed by atoms with Crippen molar-refractivity contribution in [1.29, 1.82) is 0 Å². The number of carbonyl (C=O) groups excluding carboxylic acids is 4. The lowest BCUT2D eigenvalue weighted by Crippen LogP contribution is -2.71. The summed E-state index contributed by atoms with van der Waals surface area (Å²) in [6, 6.07) is 13.6. The average molecular weight is 589 g/mol. The molecule has 4 rings (SSSR count). The molecular weight excluding hydrogens is 564 g/mol. The molecule has 0 bridgehead atoms. The van der Waals surface area contributed by atoms with Gasteiger partial charge in [0.05, 0.1) is 0 Å². The summed E-state index contributed by atoms with van der Waals surface area (Å²) in [6.07, 6.45) is 0. The van der Waals surface area contributed by atoms with Gasteiger partial charge in [0.2, 0.25) is 5.91 Å². The Morgan fingerprint density at radius 3 is 2.55 bits per heavy atom. The molecule has 2 atom stereocenters. The quantitative estimate of drug-likeness (QED) is 0.216. The number of rotatable bonds is 10. The highest BCUT2D eigenvalue weighted by Crippen LogP contribution is 2.40. The van der Waals surface area contributed by atoms with Crippen molar-refractivity contribution >= 4 is 58.8 Å². The Kier molecular flexibility index (Phi) is 9.30. The normalized spacial score (nSPS) is 17.9. The Labute approximate surface area is 238 Å². The van der Waals surface area contributed by atoms with Crippen LogP contribution in [0.5, 0.6) is 0 Å². The fourth-order valence-electron chi connectivity index (χ4n) is 4.00. The molecule has 14 heteroatoms. The molecule has 2 aromatic rings. The first kappa shape index (κ1) is 28.9. The summed E-state index contributed by atoms with van der Waals surface area (Å²) in [7, 11) is 0. The summed E-state index contributed by atoms with van der Waals surface area (Å²) in [6.45, 7) is 0.317. The topological polar surface area (TPSA) is 155 Å². The van der Waals surface area contributed by atoms with Crippen molar-refractivity contribution in [1.82, 2.24) is 15.3 Å². The van der Waals surface area contributed by atoms with Crippen LogP contribution in [0.3, 0.4) is 0 Å². The van der Waals surface area contributed by atoms with Gasteiger partial charge in [-0.15, -0.1) is 11.8 Å². The van der Waals surface area contributed by atoms with Gasteiger partial charge in [-0.2, -0.15) is 5.06 Å². The number of hydrogen-bond acceptors (Lipinski definition) is 8. The first-order valence-corrected chi connectivity index (χ1v) is 13.4. The highest BCUT2D eigenvalue weighted by atomic mass is 35.5. The Morgan fingerprint density at radius 1 is 1.12 bits per heavy atom. The summed E-state index contributed by atoms with van der Waals surface area (Å²) in [5.74, 6) is -3.07. The number of fused-ring (bicyclic) bond motifs is 1. The van der Waals surface area contributed by atoms with Gasteiger partial charge in [0, 0.05) is 29.0 Å². The number of halogens is 1. The highest BCUT2D eigenvalue weighted by molar-refractivity contribution is 8.00. The number of nitrogens with one attached hydrogen (secondary N) is 2. The molecule has 0 spiro atoms. The van der Waals surface area contributed by atoms with Gasteiger partial charge in [-0.25, -0.2) is 9.59 Å². The lowest BCUT2D eigenvalue weighted by atomic mass is 10.0. The number of ether oxygens (including phenoxy) is 1. The summed E-state index contributed by atoms with van der Waals surface area (Å²) < 4.78 is 4.92. The number of urea groups is 1. The van der Waals surface area contributed by atoms with E-state index in [2.05, 4.69) is 10.6 Å². The number of para-hydroxylation sites is 1. The van der Waals surface area contributed by atoms with E-state index in [1.165, 1.54) is 18.7 Å². The average Bonchev–Trinajstić information content (AvgIpc) is 2.92. The van der Waals surface area contributed by atoms with E-state index in [4.69, 9.17) is 21.2 Å². The molecule has 2 aliphatic heterocycles. The predicted octanol–water partition coefficient (Wildman–Crippen LogP) is 2.61. The second-order valence-electron chi connectivity index (χ2n) is 8.73. The first-order valence-electron chi connectivity index (χ1n) is 12.0. The van der Waals surface area contributed by atoms with Crippen molar-refractivity contribution in [2.75, 3.05) is 24.2 Å². The van der Waals surface area contributed by atoms with Crippen LogP contribution < -0.4 is 10.6 Å². The third kappa shape index (κ3) is 6.92. The molecule has 40 heavy (non-hydrogen) atoms. The molecule has 1 saturated heterocycles. The number of esters is 1. The Morgan fingerprint density at radius 2 is 1.88 bits per heavy atom. The molecule has 1 fully saturated rings. The van der Waals surface area contributed by atoms with Crippen molar-refractivity contribution in [2.24, 2.45) is 0 Å². The molecule has 0 radical (unpaired) electrons. The maximum Gasteiger partial charge on any atom is 0.352 e. The van der Waals surface area contributed by atoms with E-state index in [0.717, 1.165) is 9.96 Å². The summed E-state index contributed by atoms with van der Waals surface area (Å²) >= 11 is 7.25. The number of β-lactam (4-membered cyclic amide) rings is 1. The number of amides is 4. The van der Waals surface area contributed by atoms with Gasteiger partial charge < -0.3 is 20.5 Å². The minimum absolute atomic E-state index is 0.0669. The van der Waals surface area contributed by atoms with E-state index in [1.807, 2.05) is 0 Å². The number of carbonyl (C=O) groups is 5. The number of thioether (sulfide) groups is 1. The number of anilines is 1. The molecule has 3 N–H and O–H groups in total. The molecule has 2 aliphatic rings. The van der Waals surface area contributed by atoms with Gasteiger partial charge in [-0.05, 0) is 29.8 Å². The Hall–Kier alpha value is -4.07. The van der Waals surface area contributed by atoms with Crippen LogP contribution in [-0.4, -0.2) is 75.2 Å². The minimum atomic E-state index is -1.34. The molecule has 210 valence electrons. The molecule has 0 saturated carbocycles. The predicted molar refractivity (Wildman–Crippen MR) is 145 cm³/mol. The van der Waals surface area contributed by atoms with Crippen molar-refractivity contribution in [3.05, 3.63) is 76.5 Å². The maximum atomic E-state index is 13.0. The summed E-state index contributed by atoms with van der Waals surface area (Å²) in [5, 5.41) is 15.5. The van der Waals surface area contributed by atoms with Gasteiger partial charge in [0.1, 0.15) is 36.9 Å². The second-order valence-corrected chi connectivity index (χ2v) is 10.3. The van der Waals surface area contributed by atoms with Gasteiger partial charge >= 0.3 is 18.0 Å². The van der Waals surface area contributed by atoms with Crippen LogP contribution in [0, 0.1) is 0 Å². The van der Waals surface area contributed by atoms with Crippen LogP contribution in [0.1, 0.15) is 12.5 Å². The third-order valence-electron chi connectivity index (χ3n) is 5.83. The fraction of sp³-hybridized carbons (Fsp3) is 0.269. The highest BCUT2D eigenvalue weighted by Gasteiger charge is 2.54. The van der Waals surface area contributed by atoms with Crippen LogP contribution in [0.4, 0.5) is 10.5 Å². The van der Waals surface area contributed by atoms with E-state index in [1.54, 1.807) is 54.6 Å². The minimum Gasteiger partial charge on any atom is -0.477 e. The number of hydroxylamine groups is 2. The van der Waals surface area contributed by atoms with Crippen molar-refractivity contribution < 1.29 is 38.7 Å². The van der Waals surface area contributed by atoms with E-state index >= 15 is 0 Å². The monoisotopic (exact) mass is 588 g/mol. The van der Waals surface area contributed by atoms with Crippen LogP contribution in [0.2, 0.25) is 5.02 Å². The van der Waals surface area contributed by atoms with E-state index in [0.29, 0.717) is 16.3 Å². The van der Waals surface area contributed by atoms with Crippen molar-refractivity contribution in [3.63, 3.8) is 0 Å². The number of aliphatic carboxylic acids is 1. The van der Waals surface area contributed by atoms with E-state index in [-0.39, 0.29) is 30.2 Å². The van der Waals surface area contributed by atoms with Gasteiger partial charge in [-0.3, -0.25) is 24.1 Å². The molecule has 2 aromatic carbocycles. The fourth-order valence-corrected chi connectivity index (χ4v) is 5.54. The number of carboxylic acid groups (broad SMARTS) is 1. The molecule has 12 nitrogen and oxygen atoms in total. The zero-order valence-electron chi connectivity index (χ0n) is 21.2. The molecule has 0 aromatic heterocycles. The van der Waals surface area contributed by atoms with E-state index in [9.17, 15) is 29.1 Å². The third-order valence-corrected chi connectivity index (χ3v) is 7.41. The van der Waals surface area contributed by atoms with Crippen LogP contribution in [0.25, 0.3) is 0 Å². The molecule has 4 amide bonds. The second kappa shape index (κ2) is 12.9. The number of hydrogen-bond donors (Lipinski definition) is 3. The Balaban J connectivity index is 1.43. The van der Waals surface area contributed by atoms with Crippen LogP contribution in [-0.2, 0) is 35.4 Å². The lowest BCUT2D eigenvalue weighted by Gasteiger charge is -2.49. The van der Waals surface area contributed by atoms with Gasteiger partial charge in [0.15, 0.2) is 0 Å². The zero-order valence-corrected chi connectivity index (χ0v) is 22.7.